The van der Waals surface area contributed by atoms with Crippen LogP contribution >= 0.6 is 0 Å². The molecule has 0 aromatic heterocycles. The SMILES string of the molecule is CCC(CC#N)N(CC1CCNCC1)C1CC1. The molecule has 0 amide bonds. The highest BCUT2D eigenvalue weighted by Gasteiger charge is 2.34. The van der Waals surface area contributed by atoms with Crippen LogP contribution in [-0.4, -0.2) is 36.6 Å². The van der Waals surface area contributed by atoms with Gasteiger partial charge in [-0.1, -0.05) is 6.92 Å². The van der Waals surface area contributed by atoms with Crippen molar-refractivity contribution >= 4 is 0 Å². The number of nitrogens with one attached hydrogen (secondary N) is 1. The number of piperidine rings is 1. The Labute approximate surface area is 105 Å². The standard InChI is InChI=1S/C14H25N3/c1-2-13(5-8-15)17(14-3-4-14)11-12-6-9-16-10-7-12/h12-14,16H,2-7,9-11H2,1H3. The van der Waals surface area contributed by atoms with Gasteiger partial charge in [-0.25, -0.2) is 0 Å². The summed E-state index contributed by atoms with van der Waals surface area (Å²) in [4.78, 5) is 2.65. The molecule has 1 saturated heterocycles. The minimum Gasteiger partial charge on any atom is -0.317 e. The Morgan fingerprint density at radius 1 is 1.29 bits per heavy atom. The molecular formula is C14H25N3. The smallest absolute Gasteiger partial charge is 0.0638 e. The molecule has 17 heavy (non-hydrogen) atoms. The molecule has 1 saturated carbocycles. The number of hydrogen-bond acceptors (Lipinski definition) is 3. The molecule has 0 spiro atoms. The zero-order valence-corrected chi connectivity index (χ0v) is 11.0. The maximum atomic E-state index is 8.94. The summed E-state index contributed by atoms with van der Waals surface area (Å²) >= 11 is 0. The van der Waals surface area contributed by atoms with Gasteiger partial charge in [-0.3, -0.25) is 4.90 Å². The molecule has 1 heterocycles. The van der Waals surface area contributed by atoms with Gasteiger partial charge in [-0.2, -0.15) is 5.26 Å². The zero-order valence-electron chi connectivity index (χ0n) is 11.0. The van der Waals surface area contributed by atoms with E-state index >= 15 is 0 Å². The average molecular weight is 235 g/mol. The van der Waals surface area contributed by atoms with Crippen molar-refractivity contribution in [1.82, 2.24) is 10.2 Å². The van der Waals surface area contributed by atoms with Crippen molar-refractivity contribution in [3.05, 3.63) is 0 Å². The Hall–Kier alpha value is -0.590. The van der Waals surface area contributed by atoms with Crippen molar-refractivity contribution in [2.45, 2.75) is 57.5 Å². The van der Waals surface area contributed by atoms with E-state index in [1.165, 1.54) is 45.3 Å². The van der Waals surface area contributed by atoms with E-state index in [1.807, 2.05) is 0 Å². The molecule has 0 bridgehead atoms. The second kappa shape index (κ2) is 6.37. The van der Waals surface area contributed by atoms with Gasteiger partial charge in [0.25, 0.3) is 0 Å². The number of nitriles is 1. The number of nitrogens with zero attached hydrogens (tertiary/aromatic N) is 2. The minimum atomic E-state index is 0.502. The highest BCUT2D eigenvalue weighted by atomic mass is 15.2. The number of rotatable bonds is 6. The molecule has 1 aliphatic carbocycles. The predicted octanol–water partition coefficient (Wildman–Crippen LogP) is 2.14. The summed E-state index contributed by atoms with van der Waals surface area (Å²) in [6.07, 6.45) is 7.16. The van der Waals surface area contributed by atoms with Crippen molar-refractivity contribution in [2.24, 2.45) is 5.92 Å². The Balaban J connectivity index is 1.89. The molecule has 0 radical (unpaired) electrons. The first-order chi connectivity index (χ1) is 8.35. The van der Waals surface area contributed by atoms with Gasteiger partial charge >= 0.3 is 0 Å². The Morgan fingerprint density at radius 3 is 2.53 bits per heavy atom. The third-order valence-corrected chi connectivity index (χ3v) is 4.21. The molecule has 1 aliphatic heterocycles. The van der Waals surface area contributed by atoms with Crippen LogP contribution in [0.3, 0.4) is 0 Å². The summed E-state index contributed by atoms with van der Waals surface area (Å²) in [6, 6.07) is 3.66. The summed E-state index contributed by atoms with van der Waals surface area (Å²) in [5.74, 6) is 0.851. The average Bonchev–Trinajstić information content (AvgIpc) is 3.19. The maximum Gasteiger partial charge on any atom is 0.0638 e. The highest BCUT2D eigenvalue weighted by molar-refractivity contribution is 4.93. The lowest BCUT2D eigenvalue weighted by Crippen LogP contribution is -2.42. The Bertz CT molecular complexity index is 261. The molecule has 3 nitrogen and oxygen atoms in total. The van der Waals surface area contributed by atoms with Crippen molar-refractivity contribution in [3.63, 3.8) is 0 Å². The number of hydrogen-bond donors (Lipinski definition) is 1. The van der Waals surface area contributed by atoms with Gasteiger partial charge in [-0.15, -0.1) is 0 Å². The normalized spacial score (nSPS) is 23.6. The first kappa shape index (κ1) is 12.9. The lowest BCUT2D eigenvalue weighted by atomic mass is 9.96. The molecule has 2 aliphatic rings. The quantitative estimate of drug-likeness (QED) is 0.766. The third kappa shape index (κ3) is 3.69. The van der Waals surface area contributed by atoms with Crippen molar-refractivity contribution < 1.29 is 0 Å². The summed E-state index contributed by atoms with van der Waals surface area (Å²) < 4.78 is 0. The van der Waals surface area contributed by atoms with Gasteiger partial charge in [0.2, 0.25) is 0 Å². The summed E-state index contributed by atoms with van der Waals surface area (Å²) in [7, 11) is 0. The molecule has 3 heteroatoms. The van der Waals surface area contributed by atoms with Gasteiger partial charge in [-0.05, 0) is 51.1 Å². The van der Waals surface area contributed by atoms with Gasteiger partial charge < -0.3 is 5.32 Å². The van der Waals surface area contributed by atoms with E-state index in [-0.39, 0.29) is 0 Å². The van der Waals surface area contributed by atoms with E-state index < -0.39 is 0 Å². The fourth-order valence-corrected chi connectivity index (χ4v) is 2.97. The summed E-state index contributed by atoms with van der Waals surface area (Å²) in [5, 5.41) is 12.4. The molecule has 96 valence electrons. The first-order valence-electron chi connectivity index (χ1n) is 7.18. The van der Waals surface area contributed by atoms with Gasteiger partial charge in [0, 0.05) is 18.6 Å². The molecular weight excluding hydrogens is 210 g/mol. The van der Waals surface area contributed by atoms with Crippen LogP contribution in [0, 0.1) is 17.2 Å². The first-order valence-corrected chi connectivity index (χ1v) is 7.18. The van der Waals surface area contributed by atoms with Crippen molar-refractivity contribution in [3.8, 4) is 6.07 Å². The molecule has 0 aromatic carbocycles. The van der Waals surface area contributed by atoms with Crippen LogP contribution in [-0.2, 0) is 0 Å². The fourth-order valence-electron chi connectivity index (χ4n) is 2.97. The second-order valence-electron chi connectivity index (χ2n) is 5.55. The van der Waals surface area contributed by atoms with E-state index in [9.17, 15) is 0 Å². The monoisotopic (exact) mass is 235 g/mol. The van der Waals surface area contributed by atoms with Gasteiger partial charge in [0.1, 0.15) is 0 Å². The predicted molar refractivity (Wildman–Crippen MR) is 69.6 cm³/mol. The lowest BCUT2D eigenvalue weighted by Gasteiger charge is -2.34. The third-order valence-electron chi connectivity index (χ3n) is 4.21. The van der Waals surface area contributed by atoms with E-state index in [4.69, 9.17) is 5.26 Å². The molecule has 2 fully saturated rings. The van der Waals surface area contributed by atoms with E-state index in [2.05, 4.69) is 23.2 Å². The second-order valence-corrected chi connectivity index (χ2v) is 5.55. The van der Waals surface area contributed by atoms with Crippen LogP contribution in [0.5, 0.6) is 0 Å². The molecule has 1 unspecified atom stereocenters. The van der Waals surface area contributed by atoms with Crippen molar-refractivity contribution in [2.75, 3.05) is 19.6 Å². The Morgan fingerprint density at radius 2 is 2.00 bits per heavy atom. The van der Waals surface area contributed by atoms with E-state index in [1.54, 1.807) is 0 Å². The van der Waals surface area contributed by atoms with E-state index in [0.717, 1.165) is 18.4 Å². The van der Waals surface area contributed by atoms with Crippen LogP contribution in [0.4, 0.5) is 0 Å². The molecule has 1 N–H and O–H groups in total. The largest absolute Gasteiger partial charge is 0.317 e. The van der Waals surface area contributed by atoms with E-state index in [0.29, 0.717) is 12.5 Å². The molecule has 1 atom stereocenters. The van der Waals surface area contributed by atoms with Gasteiger partial charge in [0.05, 0.1) is 12.5 Å². The molecule has 2 rings (SSSR count). The fraction of sp³-hybridized carbons (Fsp3) is 0.929. The van der Waals surface area contributed by atoms with Crippen LogP contribution < -0.4 is 5.32 Å². The van der Waals surface area contributed by atoms with Crippen LogP contribution in [0.2, 0.25) is 0 Å². The Kier molecular flexibility index (Phi) is 4.82. The minimum absolute atomic E-state index is 0.502. The van der Waals surface area contributed by atoms with Gasteiger partial charge in [0.15, 0.2) is 0 Å². The van der Waals surface area contributed by atoms with Crippen LogP contribution in [0.1, 0.15) is 45.4 Å². The van der Waals surface area contributed by atoms with Crippen LogP contribution in [0.15, 0.2) is 0 Å². The maximum absolute atomic E-state index is 8.94. The highest BCUT2D eigenvalue weighted by Crippen LogP contribution is 2.32. The van der Waals surface area contributed by atoms with Crippen molar-refractivity contribution in [1.29, 1.82) is 5.26 Å². The topological polar surface area (TPSA) is 39.1 Å². The van der Waals surface area contributed by atoms with Crippen LogP contribution in [0.25, 0.3) is 0 Å². The zero-order chi connectivity index (χ0) is 12.1. The summed E-state index contributed by atoms with van der Waals surface area (Å²) in [5.41, 5.74) is 0. The summed E-state index contributed by atoms with van der Waals surface area (Å²) in [6.45, 7) is 5.81. The molecule has 0 aromatic rings. The lowest BCUT2D eigenvalue weighted by molar-refractivity contribution is 0.140.